The second-order valence-electron chi connectivity index (χ2n) is 8.12. The summed E-state index contributed by atoms with van der Waals surface area (Å²) in [5, 5.41) is 3.05. The number of para-hydroxylation sites is 2. The number of hydrogen-bond donors (Lipinski definition) is 1. The van der Waals surface area contributed by atoms with Gasteiger partial charge >= 0.3 is 0 Å². The maximum atomic E-state index is 12.9. The predicted octanol–water partition coefficient (Wildman–Crippen LogP) is 5.24. The monoisotopic (exact) mass is 378 g/mol. The third kappa shape index (κ3) is 4.27. The number of carbonyl (C=O) groups is 2. The second-order valence-corrected chi connectivity index (χ2v) is 8.12. The van der Waals surface area contributed by atoms with E-state index in [1.54, 1.807) is 4.90 Å². The van der Waals surface area contributed by atoms with E-state index in [-0.39, 0.29) is 18.2 Å². The maximum Gasteiger partial charge on any atom is 0.236 e. The molecule has 4 heteroatoms. The van der Waals surface area contributed by atoms with E-state index in [9.17, 15) is 9.59 Å². The molecule has 0 aromatic heterocycles. The lowest BCUT2D eigenvalue weighted by Gasteiger charge is -2.29. The molecule has 1 aliphatic heterocycles. The highest BCUT2D eigenvalue weighted by Crippen LogP contribution is 2.33. The lowest BCUT2D eigenvalue weighted by Crippen LogP contribution is -2.37. The Hall–Kier alpha value is -2.62. The van der Waals surface area contributed by atoms with Gasteiger partial charge in [-0.1, -0.05) is 64.1 Å². The van der Waals surface area contributed by atoms with E-state index in [2.05, 4.69) is 51.2 Å². The molecular weight excluding hydrogens is 348 g/mol. The number of aryl methyl sites for hydroxylation is 1. The highest BCUT2D eigenvalue weighted by Gasteiger charge is 2.25. The van der Waals surface area contributed by atoms with E-state index in [1.807, 2.05) is 24.3 Å². The first kappa shape index (κ1) is 20.1. The molecule has 2 aromatic rings. The predicted molar refractivity (Wildman–Crippen MR) is 115 cm³/mol. The third-order valence-electron chi connectivity index (χ3n) is 5.36. The third-order valence-corrected chi connectivity index (χ3v) is 5.36. The van der Waals surface area contributed by atoms with Crippen LogP contribution in [0.5, 0.6) is 0 Å². The summed E-state index contributed by atoms with van der Waals surface area (Å²) in [6.07, 6.45) is 1.77. The highest BCUT2D eigenvalue weighted by molar-refractivity contribution is 6.09. The van der Waals surface area contributed by atoms with Crippen LogP contribution < -0.4 is 10.2 Å². The molecule has 1 aliphatic rings. The molecule has 0 aliphatic carbocycles. The van der Waals surface area contributed by atoms with Crippen LogP contribution in [0, 0.1) is 0 Å². The molecule has 2 aromatic carbocycles. The van der Waals surface area contributed by atoms with Gasteiger partial charge in [0.05, 0.1) is 0 Å². The van der Waals surface area contributed by atoms with E-state index in [0.717, 1.165) is 35.3 Å². The molecule has 4 nitrogen and oxygen atoms in total. The first-order chi connectivity index (χ1) is 13.4. The van der Waals surface area contributed by atoms with Crippen LogP contribution in [0.1, 0.15) is 69.1 Å². The maximum absolute atomic E-state index is 12.9. The summed E-state index contributed by atoms with van der Waals surface area (Å²) in [6.45, 7) is 9.13. The summed E-state index contributed by atoms with van der Waals surface area (Å²) in [6, 6.07) is 14.1. The fourth-order valence-corrected chi connectivity index (χ4v) is 3.90. The van der Waals surface area contributed by atoms with Crippen LogP contribution in [-0.2, 0) is 16.0 Å². The molecular formula is C24H30N2O2. The van der Waals surface area contributed by atoms with Crippen LogP contribution >= 0.6 is 0 Å². The van der Waals surface area contributed by atoms with Crippen molar-refractivity contribution in [2.75, 3.05) is 16.8 Å². The number of carbonyl (C=O) groups excluding carboxylic acids is 2. The molecule has 3 rings (SSSR count). The molecule has 0 atom stereocenters. The summed E-state index contributed by atoms with van der Waals surface area (Å²) < 4.78 is 0. The number of nitrogens with zero attached hydrogens (tertiary/aromatic N) is 1. The number of amides is 2. The summed E-state index contributed by atoms with van der Waals surface area (Å²) in [7, 11) is 0. The highest BCUT2D eigenvalue weighted by atomic mass is 16.2. The number of nitrogens with one attached hydrogen (secondary N) is 1. The molecule has 0 saturated carbocycles. The lowest BCUT2D eigenvalue weighted by molar-refractivity contribution is -0.125. The molecule has 0 unspecified atom stereocenters. The van der Waals surface area contributed by atoms with Gasteiger partial charge in [0.15, 0.2) is 0 Å². The molecule has 0 spiro atoms. The van der Waals surface area contributed by atoms with Gasteiger partial charge in [-0.15, -0.1) is 0 Å². The van der Waals surface area contributed by atoms with Gasteiger partial charge in [0.2, 0.25) is 11.8 Å². The van der Waals surface area contributed by atoms with Gasteiger partial charge in [-0.2, -0.15) is 0 Å². The van der Waals surface area contributed by atoms with Crippen molar-refractivity contribution in [3.63, 3.8) is 0 Å². The lowest BCUT2D eigenvalue weighted by atomic mass is 9.92. The van der Waals surface area contributed by atoms with E-state index in [1.165, 1.54) is 5.56 Å². The summed E-state index contributed by atoms with van der Waals surface area (Å²) in [5.74, 6) is 0.193. The number of fused-ring (bicyclic) bond motifs is 1. The van der Waals surface area contributed by atoms with Crippen LogP contribution in [0.2, 0.25) is 0 Å². The molecule has 0 saturated heterocycles. The van der Waals surface area contributed by atoms with E-state index in [0.29, 0.717) is 18.4 Å². The van der Waals surface area contributed by atoms with Crippen molar-refractivity contribution in [3.05, 3.63) is 59.2 Å². The standard InChI is InChI=1S/C24H30N2O2/c1-16(2)19-11-7-12-20(17(3)4)24(19)25-22(27)15-23(28)26-14-8-10-18-9-5-6-13-21(18)26/h5-7,9,11-13,16-17H,8,10,14-15H2,1-4H3,(H,25,27). The van der Waals surface area contributed by atoms with Crippen LogP contribution in [-0.4, -0.2) is 18.4 Å². The average molecular weight is 379 g/mol. The van der Waals surface area contributed by atoms with Crippen molar-refractivity contribution in [3.8, 4) is 0 Å². The van der Waals surface area contributed by atoms with Gasteiger partial charge in [0, 0.05) is 17.9 Å². The van der Waals surface area contributed by atoms with Crippen LogP contribution in [0.4, 0.5) is 11.4 Å². The van der Waals surface area contributed by atoms with Gasteiger partial charge in [-0.05, 0) is 47.4 Å². The van der Waals surface area contributed by atoms with Gasteiger partial charge in [-0.3, -0.25) is 9.59 Å². The zero-order chi connectivity index (χ0) is 20.3. The minimum absolute atomic E-state index is 0.141. The minimum Gasteiger partial charge on any atom is -0.325 e. The Morgan fingerprint density at radius 3 is 2.25 bits per heavy atom. The molecule has 2 amide bonds. The number of anilines is 2. The van der Waals surface area contributed by atoms with Gasteiger partial charge < -0.3 is 10.2 Å². The topological polar surface area (TPSA) is 49.4 Å². The second kappa shape index (κ2) is 8.59. The fraction of sp³-hybridized carbons (Fsp3) is 0.417. The van der Waals surface area contributed by atoms with Crippen LogP contribution in [0.3, 0.4) is 0 Å². The first-order valence-electron chi connectivity index (χ1n) is 10.2. The van der Waals surface area contributed by atoms with Crippen molar-refractivity contribution in [1.29, 1.82) is 0 Å². The van der Waals surface area contributed by atoms with E-state index >= 15 is 0 Å². The molecule has 0 radical (unpaired) electrons. The zero-order valence-corrected chi connectivity index (χ0v) is 17.3. The summed E-state index contributed by atoms with van der Waals surface area (Å²) >= 11 is 0. The zero-order valence-electron chi connectivity index (χ0n) is 17.3. The summed E-state index contributed by atoms with van der Waals surface area (Å²) in [4.78, 5) is 27.4. The van der Waals surface area contributed by atoms with Crippen molar-refractivity contribution >= 4 is 23.2 Å². The number of rotatable bonds is 5. The largest absolute Gasteiger partial charge is 0.325 e. The smallest absolute Gasteiger partial charge is 0.236 e. The molecule has 0 bridgehead atoms. The van der Waals surface area contributed by atoms with Gasteiger partial charge in [0.25, 0.3) is 0 Å². The number of hydrogen-bond acceptors (Lipinski definition) is 2. The SMILES string of the molecule is CC(C)c1cccc(C(C)C)c1NC(=O)CC(=O)N1CCCc2ccccc21. The first-order valence-corrected chi connectivity index (χ1v) is 10.2. The van der Waals surface area contributed by atoms with Crippen molar-refractivity contribution in [1.82, 2.24) is 0 Å². The molecule has 28 heavy (non-hydrogen) atoms. The Morgan fingerprint density at radius 2 is 1.61 bits per heavy atom. The van der Waals surface area contributed by atoms with Crippen molar-refractivity contribution in [2.45, 2.75) is 58.8 Å². The quantitative estimate of drug-likeness (QED) is 0.723. The molecule has 0 fully saturated rings. The Morgan fingerprint density at radius 1 is 0.964 bits per heavy atom. The van der Waals surface area contributed by atoms with Crippen molar-refractivity contribution < 1.29 is 9.59 Å². The van der Waals surface area contributed by atoms with Crippen LogP contribution in [0.25, 0.3) is 0 Å². The Balaban J connectivity index is 1.78. The Labute approximate surface area is 167 Å². The van der Waals surface area contributed by atoms with Crippen molar-refractivity contribution in [2.24, 2.45) is 0 Å². The number of benzene rings is 2. The van der Waals surface area contributed by atoms with Gasteiger partial charge in [-0.25, -0.2) is 0 Å². The van der Waals surface area contributed by atoms with E-state index in [4.69, 9.17) is 0 Å². The van der Waals surface area contributed by atoms with Gasteiger partial charge in [0.1, 0.15) is 6.42 Å². The Kier molecular flexibility index (Phi) is 6.18. The average Bonchev–Trinajstić information content (AvgIpc) is 2.67. The normalized spacial score (nSPS) is 13.6. The molecule has 148 valence electrons. The Bertz CT molecular complexity index is 844. The molecule has 1 N–H and O–H groups in total. The minimum atomic E-state index is -0.247. The van der Waals surface area contributed by atoms with E-state index < -0.39 is 0 Å². The van der Waals surface area contributed by atoms with Crippen LogP contribution in [0.15, 0.2) is 42.5 Å². The fourth-order valence-electron chi connectivity index (χ4n) is 3.90. The summed E-state index contributed by atoms with van der Waals surface area (Å²) in [5.41, 5.74) is 5.20. The molecule has 1 heterocycles.